The lowest BCUT2D eigenvalue weighted by Crippen LogP contribution is -2.34. The summed E-state index contributed by atoms with van der Waals surface area (Å²) in [7, 11) is 3.11. The van der Waals surface area contributed by atoms with Crippen molar-refractivity contribution in [2.75, 3.05) is 14.2 Å². The summed E-state index contributed by atoms with van der Waals surface area (Å²) in [6.45, 7) is 0. The number of rotatable bonds is 4. The topological polar surface area (TPSA) is 93.1 Å². The van der Waals surface area contributed by atoms with Gasteiger partial charge in [0.15, 0.2) is 0 Å². The fourth-order valence-electron chi connectivity index (χ4n) is 3.68. The van der Waals surface area contributed by atoms with E-state index in [0.717, 1.165) is 22.3 Å². The number of methoxy groups -OCH3 is 2. The van der Waals surface area contributed by atoms with Crippen LogP contribution >= 0.6 is 0 Å². The highest BCUT2D eigenvalue weighted by atomic mass is 16.5. The van der Waals surface area contributed by atoms with Gasteiger partial charge >= 0.3 is 11.9 Å². The molecule has 2 N–H and O–H groups in total. The molecule has 0 saturated heterocycles. The lowest BCUT2D eigenvalue weighted by Gasteiger charge is -2.28. The van der Waals surface area contributed by atoms with Gasteiger partial charge in [0.1, 0.15) is 11.5 Å². The second kappa shape index (κ2) is 7.07. The molecule has 0 heterocycles. The molecule has 2 unspecified atom stereocenters. The zero-order valence-corrected chi connectivity index (χ0v) is 14.6. The van der Waals surface area contributed by atoms with E-state index in [0.29, 0.717) is 11.5 Å². The summed E-state index contributed by atoms with van der Waals surface area (Å²) in [6.07, 6.45) is 0.215. The van der Waals surface area contributed by atoms with Crippen molar-refractivity contribution < 1.29 is 29.3 Å². The van der Waals surface area contributed by atoms with Crippen LogP contribution < -0.4 is 9.47 Å². The fraction of sp³-hybridized carbons (Fsp3) is 0.300. The van der Waals surface area contributed by atoms with Gasteiger partial charge < -0.3 is 19.7 Å². The summed E-state index contributed by atoms with van der Waals surface area (Å²) in [5.41, 5.74) is 2.98. The van der Waals surface area contributed by atoms with Gasteiger partial charge in [0.2, 0.25) is 0 Å². The monoisotopic (exact) mass is 356 g/mol. The van der Waals surface area contributed by atoms with Crippen molar-refractivity contribution >= 4 is 11.9 Å². The molecule has 0 spiro atoms. The van der Waals surface area contributed by atoms with Crippen LogP contribution in [0, 0.1) is 11.8 Å². The van der Waals surface area contributed by atoms with Crippen molar-refractivity contribution in [3.63, 3.8) is 0 Å². The van der Waals surface area contributed by atoms with E-state index in [1.54, 1.807) is 38.5 Å². The van der Waals surface area contributed by atoms with Crippen molar-refractivity contribution in [1.29, 1.82) is 0 Å². The Bertz CT molecular complexity index is 786. The van der Waals surface area contributed by atoms with Crippen LogP contribution in [0.4, 0.5) is 0 Å². The molecule has 0 aliphatic heterocycles. The third kappa shape index (κ3) is 2.98. The molecule has 6 heteroatoms. The van der Waals surface area contributed by atoms with Gasteiger partial charge in [-0.05, 0) is 36.1 Å². The number of carbonyl (C=O) groups is 2. The number of carboxylic acid groups (broad SMARTS) is 2. The summed E-state index contributed by atoms with van der Waals surface area (Å²) >= 11 is 0. The lowest BCUT2D eigenvalue weighted by molar-refractivity contribution is -0.153. The van der Waals surface area contributed by atoms with E-state index in [4.69, 9.17) is 9.47 Å². The van der Waals surface area contributed by atoms with Crippen LogP contribution in [0.15, 0.2) is 36.4 Å². The SMILES string of the molecule is COc1cccc2c1-c1c(cccc1OC)CC(C(=O)O)C(C(=O)O)C2. The first-order chi connectivity index (χ1) is 12.5. The highest BCUT2D eigenvalue weighted by Gasteiger charge is 2.37. The van der Waals surface area contributed by atoms with E-state index in [1.807, 2.05) is 12.1 Å². The Morgan fingerprint density at radius 2 is 1.19 bits per heavy atom. The average Bonchev–Trinajstić information content (AvgIpc) is 2.61. The largest absolute Gasteiger partial charge is 0.496 e. The molecule has 1 aliphatic rings. The Morgan fingerprint density at radius 1 is 0.808 bits per heavy atom. The molecule has 136 valence electrons. The van der Waals surface area contributed by atoms with Gasteiger partial charge in [-0.25, -0.2) is 0 Å². The molecule has 1 aliphatic carbocycles. The molecule has 0 radical (unpaired) electrons. The summed E-state index contributed by atoms with van der Waals surface area (Å²) in [5.74, 6) is -3.08. The molecule has 6 nitrogen and oxygen atoms in total. The van der Waals surface area contributed by atoms with Crippen LogP contribution in [0.2, 0.25) is 0 Å². The molecule has 0 amide bonds. The van der Waals surface area contributed by atoms with Crippen LogP contribution in [-0.4, -0.2) is 36.4 Å². The first-order valence-corrected chi connectivity index (χ1v) is 8.25. The van der Waals surface area contributed by atoms with Crippen LogP contribution in [0.5, 0.6) is 11.5 Å². The quantitative estimate of drug-likeness (QED) is 0.875. The summed E-state index contributed by atoms with van der Waals surface area (Å²) in [4.78, 5) is 23.6. The molecule has 0 aromatic heterocycles. The van der Waals surface area contributed by atoms with Gasteiger partial charge in [0.25, 0.3) is 0 Å². The Balaban J connectivity index is 2.33. The molecule has 0 saturated carbocycles. The number of ether oxygens (including phenoxy) is 2. The van der Waals surface area contributed by atoms with Crippen LogP contribution in [0.1, 0.15) is 11.1 Å². The fourth-order valence-corrected chi connectivity index (χ4v) is 3.68. The third-order valence-electron chi connectivity index (χ3n) is 4.91. The van der Waals surface area contributed by atoms with Gasteiger partial charge in [0, 0.05) is 11.1 Å². The summed E-state index contributed by atoms with van der Waals surface area (Å²) < 4.78 is 11.0. The first-order valence-electron chi connectivity index (χ1n) is 8.25. The highest BCUT2D eigenvalue weighted by Crippen LogP contribution is 2.45. The number of fused-ring (bicyclic) bond motifs is 3. The Kier molecular flexibility index (Phi) is 4.84. The maximum Gasteiger partial charge on any atom is 0.307 e. The lowest BCUT2D eigenvalue weighted by atomic mass is 9.76. The van der Waals surface area contributed by atoms with E-state index in [2.05, 4.69) is 0 Å². The normalized spacial score (nSPS) is 18.7. The molecule has 26 heavy (non-hydrogen) atoms. The van der Waals surface area contributed by atoms with Gasteiger partial charge in [-0.15, -0.1) is 0 Å². The smallest absolute Gasteiger partial charge is 0.307 e. The number of carboxylic acids is 2. The minimum atomic E-state index is -1.11. The first kappa shape index (κ1) is 17.8. The van der Waals surface area contributed by atoms with Gasteiger partial charge in [0.05, 0.1) is 26.1 Å². The van der Waals surface area contributed by atoms with Crippen LogP contribution in [-0.2, 0) is 22.4 Å². The zero-order chi connectivity index (χ0) is 18.8. The molecular formula is C20H20O6. The van der Waals surface area contributed by atoms with Crippen molar-refractivity contribution in [2.45, 2.75) is 12.8 Å². The number of hydrogen-bond donors (Lipinski definition) is 2. The van der Waals surface area contributed by atoms with Crippen molar-refractivity contribution in [2.24, 2.45) is 11.8 Å². The maximum absolute atomic E-state index is 11.8. The molecule has 0 fully saturated rings. The summed E-state index contributed by atoms with van der Waals surface area (Å²) in [5, 5.41) is 19.3. The zero-order valence-electron chi connectivity index (χ0n) is 14.6. The van der Waals surface area contributed by atoms with E-state index in [9.17, 15) is 19.8 Å². The molecule has 2 aromatic rings. The van der Waals surface area contributed by atoms with Crippen LogP contribution in [0.25, 0.3) is 11.1 Å². The molecule has 2 aromatic carbocycles. The molecule has 2 atom stereocenters. The predicted molar refractivity (Wildman–Crippen MR) is 94.6 cm³/mol. The average molecular weight is 356 g/mol. The predicted octanol–water partition coefficient (Wildman–Crippen LogP) is 2.87. The van der Waals surface area contributed by atoms with Crippen molar-refractivity contribution in [3.8, 4) is 22.6 Å². The van der Waals surface area contributed by atoms with E-state index >= 15 is 0 Å². The van der Waals surface area contributed by atoms with E-state index in [-0.39, 0.29) is 12.8 Å². The Morgan fingerprint density at radius 3 is 1.50 bits per heavy atom. The molecule has 0 bridgehead atoms. The van der Waals surface area contributed by atoms with Crippen molar-refractivity contribution in [3.05, 3.63) is 47.5 Å². The highest BCUT2D eigenvalue weighted by molar-refractivity contribution is 5.86. The van der Waals surface area contributed by atoms with Crippen LogP contribution in [0.3, 0.4) is 0 Å². The van der Waals surface area contributed by atoms with E-state index in [1.165, 1.54) is 0 Å². The Hall–Kier alpha value is -3.02. The number of benzene rings is 2. The van der Waals surface area contributed by atoms with E-state index < -0.39 is 23.8 Å². The number of aliphatic carboxylic acids is 2. The molecule has 3 rings (SSSR count). The standard InChI is InChI=1S/C20H20O6/c1-25-15-7-3-5-11-9-13(19(21)22)14(20(23)24)10-12-6-4-8-16(26-2)18(12)17(11)15/h3-8,13-14H,9-10H2,1-2H3,(H,21,22)(H,23,24). The second-order valence-electron chi connectivity index (χ2n) is 6.29. The summed E-state index contributed by atoms with van der Waals surface area (Å²) in [6, 6.07) is 10.8. The van der Waals surface area contributed by atoms with Gasteiger partial charge in [-0.1, -0.05) is 24.3 Å². The minimum absolute atomic E-state index is 0.107. The van der Waals surface area contributed by atoms with Gasteiger partial charge in [-0.3, -0.25) is 9.59 Å². The van der Waals surface area contributed by atoms with Crippen molar-refractivity contribution in [1.82, 2.24) is 0 Å². The molecular weight excluding hydrogens is 336 g/mol. The second-order valence-corrected chi connectivity index (χ2v) is 6.29. The Labute approximate surface area is 151 Å². The maximum atomic E-state index is 11.8. The number of hydrogen-bond acceptors (Lipinski definition) is 4. The van der Waals surface area contributed by atoms with Gasteiger partial charge in [-0.2, -0.15) is 0 Å². The minimum Gasteiger partial charge on any atom is -0.496 e. The third-order valence-corrected chi connectivity index (χ3v) is 4.91.